The second-order valence-electron chi connectivity index (χ2n) is 6.25. The summed E-state index contributed by atoms with van der Waals surface area (Å²) in [6.07, 6.45) is 3.14. The smallest absolute Gasteiger partial charge is 0.240 e. The summed E-state index contributed by atoms with van der Waals surface area (Å²) in [4.78, 5) is 38.0. The predicted molar refractivity (Wildman–Crippen MR) is 89.3 cm³/mol. The molecule has 5 nitrogen and oxygen atoms in total. The lowest BCUT2D eigenvalue weighted by Crippen LogP contribution is -2.41. The molecule has 0 aliphatic heterocycles. The maximum absolute atomic E-state index is 12.5. The molecule has 1 fully saturated rings. The van der Waals surface area contributed by atoms with Crippen LogP contribution >= 0.6 is 0 Å². The van der Waals surface area contributed by atoms with Gasteiger partial charge in [0.2, 0.25) is 11.8 Å². The Hall–Kier alpha value is -2.17. The number of nitrogens with one attached hydrogen (secondary N) is 1. The van der Waals surface area contributed by atoms with Gasteiger partial charge in [0.1, 0.15) is 5.41 Å². The van der Waals surface area contributed by atoms with Crippen LogP contribution in [0.3, 0.4) is 0 Å². The average Bonchev–Trinajstić information content (AvgIpc) is 3.34. The molecule has 1 aliphatic rings. The number of carbonyl (C=O) groups is 3. The highest BCUT2D eigenvalue weighted by molar-refractivity contribution is 6.13. The van der Waals surface area contributed by atoms with Crippen molar-refractivity contribution in [1.82, 2.24) is 4.90 Å². The number of unbranched alkanes of at least 4 members (excludes halogenated alkanes) is 1. The molecule has 2 amide bonds. The molecule has 1 aromatic carbocycles. The predicted octanol–water partition coefficient (Wildman–Crippen LogP) is 2.87. The molecule has 23 heavy (non-hydrogen) atoms. The third kappa shape index (κ3) is 3.78. The molecule has 1 aliphatic carbocycles. The van der Waals surface area contributed by atoms with Crippen LogP contribution in [-0.4, -0.2) is 36.1 Å². The first-order valence-corrected chi connectivity index (χ1v) is 8.09. The Morgan fingerprint density at radius 1 is 1.17 bits per heavy atom. The van der Waals surface area contributed by atoms with E-state index >= 15 is 0 Å². The second-order valence-corrected chi connectivity index (χ2v) is 6.25. The molecule has 0 unspecified atom stereocenters. The van der Waals surface area contributed by atoms with Crippen LogP contribution in [0.2, 0.25) is 0 Å². The van der Waals surface area contributed by atoms with Crippen LogP contribution in [0.4, 0.5) is 5.69 Å². The Balaban J connectivity index is 2.02. The van der Waals surface area contributed by atoms with Gasteiger partial charge < -0.3 is 10.2 Å². The van der Waals surface area contributed by atoms with Crippen molar-refractivity contribution < 1.29 is 14.4 Å². The topological polar surface area (TPSA) is 66.5 Å². The minimum atomic E-state index is -0.901. The van der Waals surface area contributed by atoms with Crippen molar-refractivity contribution in [3.63, 3.8) is 0 Å². The lowest BCUT2D eigenvalue weighted by atomic mass is 10.0. The molecule has 5 heteroatoms. The van der Waals surface area contributed by atoms with Crippen LogP contribution in [-0.2, 0) is 9.59 Å². The summed E-state index contributed by atoms with van der Waals surface area (Å²) < 4.78 is 0. The molecule has 124 valence electrons. The summed E-state index contributed by atoms with van der Waals surface area (Å²) in [7, 11) is 1.76. The highest BCUT2D eigenvalue weighted by Crippen LogP contribution is 2.48. The van der Waals surface area contributed by atoms with Crippen molar-refractivity contribution in [3.05, 3.63) is 29.8 Å². The molecule has 0 spiro atoms. The number of Topliss-reactive ketones (excluding diaryl/α,β-unsaturated/α-hetero) is 1. The number of ketones is 1. The first-order valence-electron chi connectivity index (χ1n) is 8.09. The largest absolute Gasteiger partial charge is 0.345 e. The fourth-order valence-corrected chi connectivity index (χ4v) is 2.56. The van der Waals surface area contributed by atoms with E-state index in [1.807, 2.05) is 0 Å². The van der Waals surface area contributed by atoms with Gasteiger partial charge in [0, 0.05) is 24.8 Å². The van der Waals surface area contributed by atoms with Gasteiger partial charge in [0.25, 0.3) is 0 Å². The molecule has 0 radical (unpaired) electrons. The van der Waals surface area contributed by atoms with E-state index in [4.69, 9.17) is 0 Å². The van der Waals surface area contributed by atoms with Gasteiger partial charge in [-0.05, 0) is 50.5 Å². The van der Waals surface area contributed by atoms with Crippen LogP contribution in [0.15, 0.2) is 24.3 Å². The Morgan fingerprint density at radius 3 is 2.26 bits per heavy atom. The maximum atomic E-state index is 12.5. The summed E-state index contributed by atoms with van der Waals surface area (Å²) in [6, 6.07) is 6.73. The van der Waals surface area contributed by atoms with Gasteiger partial charge in [0.05, 0.1) is 0 Å². The number of carbonyl (C=O) groups excluding carboxylic acids is 3. The van der Waals surface area contributed by atoms with Gasteiger partial charge in [-0.2, -0.15) is 0 Å². The van der Waals surface area contributed by atoms with Crippen molar-refractivity contribution >= 4 is 23.3 Å². The lowest BCUT2D eigenvalue weighted by molar-refractivity contribution is -0.141. The van der Waals surface area contributed by atoms with Crippen LogP contribution in [0.1, 0.15) is 49.9 Å². The summed E-state index contributed by atoms with van der Waals surface area (Å²) >= 11 is 0. The van der Waals surface area contributed by atoms with Crippen LogP contribution in [0.25, 0.3) is 0 Å². The zero-order chi connectivity index (χ0) is 17.0. The summed E-state index contributed by atoms with van der Waals surface area (Å²) in [5, 5.41) is 2.80. The van der Waals surface area contributed by atoms with Gasteiger partial charge in [-0.1, -0.05) is 13.3 Å². The number of nitrogens with zero attached hydrogens (tertiary/aromatic N) is 1. The van der Waals surface area contributed by atoms with Gasteiger partial charge in [-0.3, -0.25) is 14.4 Å². The van der Waals surface area contributed by atoms with Gasteiger partial charge in [0.15, 0.2) is 5.78 Å². The highest BCUT2D eigenvalue weighted by Gasteiger charge is 2.57. The SMILES string of the molecule is CCCCN(C)C(=O)C1(C(=O)Nc2ccc(C(C)=O)cc2)CC1. The van der Waals surface area contributed by atoms with Crippen molar-refractivity contribution in [1.29, 1.82) is 0 Å². The summed E-state index contributed by atoms with van der Waals surface area (Å²) in [6.45, 7) is 4.25. The molecule has 1 N–H and O–H groups in total. The van der Waals surface area contributed by atoms with E-state index in [0.717, 1.165) is 12.8 Å². The first-order chi connectivity index (χ1) is 10.9. The number of anilines is 1. The molecule has 2 rings (SSSR count). The van der Waals surface area contributed by atoms with Crippen LogP contribution < -0.4 is 5.32 Å². The maximum Gasteiger partial charge on any atom is 0.240 e. The molecular formula is C18H24N2O3. The molecule has 1 saturated carbocycles. The second kappa shape index (κ2) is 6.94. The fourth-order valence-electron chi connectivity index (χ4n) is 2.56. The molecule has 0 atom stereocenters. The number of rotatable bonds is 7. The summed E-state index contributed by atoms with van der Waals surface area (Å²) in [5.74, 6) is -0.362. The third-order valence-corrected chi connectivity index (χ3v) is 4.34. The van der Waals surface area contributed by atoms with E-state index < -0.39 is 5.41 Å². The third-order valence-electron chi connectivity index (χ3n) is 4.34. The molecule has 0 aromatic heterocycles. The van der Waals surface area contributed by atoms with E-state index in [9.17, 15) is 14.4 Å². The minimum absolute atomic E-state index is 0.0192. The van der Waals surface area contributed by atoms with E-state index in [2.05, 4.69) is 12.2 Å². The van der Waals surface area contributed by atoms with E-state index in [-0.39, 0.29) is 17.6 Å². The first kappa shape index (κ1) is 17.2. The average molecular weight is 316 g/mol. The number of hydrogen-bond donors (Lipinski definition) is 1. The normalized spacial score (nSPS) is 14.9. The zero-order valence-electron chi connectivity index (χ0n) is 14.0. The quantitative estimate of drug-likeness (QED) is 0.621. The molecular weight excluding hydrogens is 292 g/mol. The minimum Gasteiger partial charge on any atom is -0.345 e. The van der Waals surface area contributed by atoms with Crippen LogP contribution in [0, 0.1) is 5.41 Å². The van der Waals surface area contributed by atoms with E-state index in [0.29, 0.717) is 30.6 Å². The van der Waals surface area contributed by atoms with Crippen molar-refractivity contribution in [2.24, 2.45) is 5.41 Å². The molecule has 0 heterocycles. The Morgan fingerprint density at radius 2 is 1.78 bits per heavy atom. The number of hydrogen-bond acceptors (Lipinski definition) is 3. The standard InChI is InChI=1S/C18H24N2O3/c1-4-5-12-20(3)17(23)18(10-11-18)16(22)19-15-8-6-14(7-9-15)13(2)21/h6-9H,4-5,10-12H2,1-3H3,(H,19,22). The lowest BCUT2D eigenvalue weighted by Gasteiger charge is -2.23. The highest BCUT2D eigenvalue weighted by atomic mass is 16.2. The zero-order valence-corrected chi connectivity index (χ0v) is 14.0. The van der Waals surface area contributed by atoms with Crippen molar-refractivity contribution in [2.75, 3.05) is 18.9 Å². The monoisotopic (exact) mass is 316 g/mol. The number of amides is 2. The Labute approximate surface area is 137 Å². The van der Waals surface area contributed by atoms with E-state index in [1.54, 1.807) is 36.2 Å². The van der Waals surface area contributed by atoms with E-state index in [1.165, 1.54) is 6.92 Å². The Bertz CT molecular complexity index is 603. The molecule has 1 aromatic rings. The van der Waals surface area contributed by atoms with Crippen LogP contribution in [0.5, 0.6) is 0 Å². The molecule has 0 bridgehead atoms. The van der Waals surface area contributed by atoms with Gasteiger partial charge in [-0.15, -0.1) is 0 Å². The van der Waals surface area contributed by atoms with Gasteiger partial charge in [-0.25, -0.2) is 0 Å². The van der Waals surface area contributed by atoms with Gasteiger partial charge >= 0.3 is 0 Å². The van der Waals surface area contributed by atoms with Crippen molar-refractivity contribution in [3.8, 4) is 0 Å². The van der Waals surface area contributed by atoms with Crippen molar-refractivity contribution in [2.45, 2.75) is 39.5 Å². The summed E-state index contributed by atoms with van der Waals surface area (Å²) in [5.41, 5.74) is 0.302. The number of benzene rings is 1. The Kier molecular flexibility index (Phi) is 5.19. The molecule has 0 saturated heterocycles. The fraction of sp³-hybridized carbons (Fsp3) is 0.500.